The fourth-order valence-corrected chi connectivity index (χ4v) is 3.12. The fraction of sp³-hybridized carbons (Fsp3) is 0.238. The van der Waals surface area contributed by atoms with E-state index in [0.29, 0.717) is 41.4 Å². The van der Waals surface area contributed by atoms with Crippen LogP contribution in [0.1, 0.15) is 10.4 Å². The molecule has 0 unspecified atom stereocenters. The number of benzene rings is 2. The van der Waals surface area contributed by atoms with Gasteiger partial charge in [0.15, 0.2) is 0 Å². The molecule has 0 radical (unpaired) electrons. The molecular formula is C21H21FN6O2. The van der Waals surface area contributed by atoms with Crippen LogP contribution in [0.25, 0.3) is 0 Å². The maximum atomic E-state index is 13.2. The molecule has 0 bridgehead atoms. The van der Waals surface area contributed by atoms with Crippen LogP contribution >= 0.6 is 0 Å². The lowest BCUT2D eigenvalue weighted by Gasteiger charge is -2.38. The summed E-state index contributed by atoms with van der Waals surface area (Å²) < 4.78 is 18.9. The van der Waals surface area contributed by atoms with E-state index in [9.17, 15) is 9.18 Å². The van der Waals surface area contributed by atoms with Crippen molar-refractivity contribution >= 4 is 23.5 Å². The Morgan fingerprint density at radius 2 is 2.03 bits per heavy atom. The van der Waals surface area contributed by atoms with Gasteiger partial charge in [-0.3, -0.25) is 4.79 Å². The van der Waals surface area contributed by atoms with Crippen molar-refractivity contribution in [3.63, 3.8) is 0 Å². The SMILES string of the molecule is CNC(=O)c1cccc(Nc2ncnc(N3CC(COc4cccc(F)c4)C3)n2)c1. The van der Waals surface area contributed by atoms with E-state index in [2.05, 4.69) is 25.6 Å². The molecule has 0 saturated carbocycles. The van der Waals surface area contributed by atoms with E-state index in [-0.39, 0.29) is 11.7 Å². The third-order valence-electron chi connectivity index (χ3n) is 4.69. The largest absolute Gasteiger partial charge is 0.493 e. The summed E-state index contributed by atoms with van der Waals surface area (Å²) in [7, 11) is 1.59. The number of anilines is 3. The van der Waals surface area contributed by atoms with Gasteiger partial charge < -0.3 is 20.3 Å². The van der Waals surface area contributed by atoms with Crippen molar-refractivity contribution in [3.05, 3.63) is 66.2 Å². The predicted molar refractivity (Wildman–Crippen MR) is 111 cm³/mol. The molecule has 1 aromatic heterocycles. The molecule has 9 heteroatoms. The molecule has 3 aromatic rings. The molecule has 4 rings (SSSR count). The zero-order valence-corrected chi connectivity index (χ0v) is 16.4. The highest BCUT2D eigenvalue weighted by Gasteiger charge is 2.29. The van der Waals surface area contributed by atoms with Gasteiger partial charge in [0.05, 0.1) is 6.61 Å². The average molecular weight is 408 g/mol. The third-order valence-corrected chi connectivity index (χ3v) is 4.69. The molecule has 1 amide bonds. The minimum absolute atomic E-state index is 0.165. The highest BCUT2D eigenvalue weighted by atomic mass is 19.1. The molecule has 30 heavy (non-hydrogen) atoms. The summed E-state index contributed by atoms with van der Waals surface area (Å²) in [5, 5.41) is 5.70. The summed E-state index contributed by atoms with van der Waals surface area (Å²) in [6.07, 6.45) is 1.45. The number of nitrogens with one attached hydrogen (secondary N) is 2. The molecule has 8 nitrogen and oxygen atoms in total. The molecule has 0 atom stereocenters. The van der Waals surface area contributed by atoms with Crippen molar-refractivity contribution in [2.45, 2.75) is 0 Å². The lowest BCUT2D eigenvalue weighted by molar-refractivity contribution is 0.0963. The van der Waals surface area contributed by atoms with Crippen LogP contribution in [0.2, 0.25) is 0 Å². The highest BCUT2D eigenvalue weighted by Crippen LogP contribution is 2.24. The molecule has 1 aliphatic rings. The number of halogens is 1. The Kier molecular flexibility index (Phi) is 5.69. The van der Waals surface area contributed by atoms with E-state index in [0.717, 1.165) is 13.1 Å². The number of hydrogen-bond donors (Lipinski definition) is 2. The van der Waals surface area contributed by atoms with Gasteiger partial charge >= 0.3 is 0 Å². The maximum Gasteiger partial charge on any atom is 0.251 e. The molecule has 1 aliphatic heterocycles. The van der Waals surface area contributed by atoms with Crippen LogP contribution in [0.5, 0.6) is 5.75 Å². The summed E-state index contributed by atoms with van der Waals surface area (Å²) in [4.78, 5) is 26.6. The molecule has 1 saturated heterocycles. The first-order chi connectivity index (χ1) is 14.6. The lowest BCUT2D eigenvalue weighted by atomic mass is 10.0. The molecular weight excluding hydrogens is 387 g/mol. The summed E-state index contributed by atoms with van der Waals surface area (Å²) in [6.45, 7) is 1.98. The topological polar surface area (TPSA) is 92.3 Å². The number of rotatable bonds is 7. The van der Waals surface area contributed by atoms with E-state index >= 15 is 0 Å². The highest BCUT2D eigenvalue weighted by molar-refractivity contribution is 5.95. The maximum absolute atomic E-state index is 13.2. The van der Waals surface area contributed by atoms with Gasteiger partial charge in [0.1, 0.15) is 17.9 Å². The van der Waals surface area contributed by atoms with Crippen molar-refractivity contribution in [3.8, 4) is 5.75 Å². The van der Waals surface area contributed by atoms with E-state index < -0.39 is 0 Å². The number of carbonyl (C=O) groups is 1. The average Bonchev–Trinajstić information content (AvgIpc) is 2.72. The Hall–Kier alpha value is -3.75. The second-order valence-corrected chi connectivity index (χ2v) is 6.93. The van der Waals surface area contributed by atoms with Gasteiger partial charge in [-0.05, 0) is 30.3 Å². The number of aromatic nitrogens is 3. The lowest BCUT2D eigenvalue weighted by Crippen LogP contribution is -2.50. The van der Waals surface area contributed by atoms with Gasteiger partial charge in [-0.1, -0.05) is 12.1 Å². The van der Waals surface area contributed by atoms with Crippen LogP contribution in [0.4, 0.5) is 22.0 Å². The normalized spacial score (nSPS) is 13.5. The van der Waals surface area contributed by atoms with Crippen molar-refractivity contribution < 1.29 is 13.9 Å². The van der Waals surface area contributed by atoms with Crippen molar-refractivity contribution in [1.29, 1.82) is 0 Å². The monoisotopic (exact) mass is 408 g/mol. The summed E-state index contributed by atoms with van der Waals surface area (Å²) in [5.74, 6) is 1.33. The van der Waals surface area contributed by atoms with Crippen LogP contribution in [0, 0.1) is 11.7 Å². The molecule has 0 aliphatic carbocycles. The van der Waals surface area contributed by atoms with Crippen LogP contribution in [-0.4, -0.2) is 47.6 Å². The first-order valence-corrected chi connectivity index (χ1v) is 9.52. The Balaban J connectivity index is 1.33. The summed E-state index contributed by atoms with van der Waals surface area (Å²) in [5.41, 5.74) is 1.25. The number of carbonyl (C=O) groups excluding carboxylic acids is 1. The van der Waals surface area contributed by atoms with Crippen LogP contribution in [-0.2, 0) is 0 Å². The standard InChI is InChI=1S/C21H21FN6O2/c1-23-19(29)15-4-2-6-17(8-15)26-20-24-13-25-21(27-20)28-10-14(11-28)12-30-18-7-3-5-16(22)9-18/h2-9,13-14H,10-12H2,1H3,(H,23,29)(H,24,25,26,27). The molecule has 2 aromatic carbocycles. The van der Waals surface area contributed by atoms with Gasteiger partial charge in [0.25, 0.3) is 5.91 Å². The van der Waals surface area contributed by atoms with Crippen LogP contribution < -0.4 is 20.3 Å². The Morgan fingerprint density at radius 3 is 2.83 bits per heavy atom. The Morgan fingerprint density at radius 1 is 1.20 bits per heavy atom. The minimum Gasteiger partial charge on any atom is -0.493 e. The molecule has 1 fully saturated rings. The first kappa shape index (κ1) is 19.6. The zero-order valence-electron chi connectivity index (χ0n) is 16.4. The third kappa shape index (κ3) is 4.62. The molecule has 2 heterocycles. The smallest absolute Gasteiger partial charge is 0.251 e. The van der Waals surface area contributed by atoms with E-state index in [1.165, 1.54) is 18.5 Å². The number of nitrogens with zero attached hydrogens (tertiary/aromatic N) is 4. The first-order valence-electron chi connectivity index (χ1n) is 9.52. The van der Waals surface area contributed by atoms with Gasteiger partial charge in [-0.2, -0.15) is 4.98 Å². The summed E-state index contributed by atoms with van der Waals surface area (Å²) >= 11 is 0. The van der Waals surface area contributed by atoms with Gasteiger partial charge in [0.2, 0.25) is 11.9 Å². The molecule has 0 spiro atoms. The molecule has 2 N–H and O–H groups in total. The van der Waals surface area contributed by atoms with Gasteiger partial charge in [0, 0.05) is 43.4 Å². The minimum atomic E-state index is -0.311. The second-order valence-electron chi connectivity index (χ2n) is 6.93. The van der Waals surface area contributed by atoms with Crippen molar-refractivity contribution in [1.82, 2.24) is 20.3 Å². The zero-order chi connectivity index (χ0) is 20.9. The number of hydrogen-bond acceptors (Lipinski definition) is 7. The van der Waals surface area contributed by atoms with Crippen molar-refractivity contribution in [2.75, 3.05) is 37.0 Å². The quantitative estimate of drug-likeness (QED) is 0.621. The van der Waals surface area contributed by atoms with Gasteiger partial charge in [-0.15, -0.1) is 0 Å². The van der Waals surface area contributed by atoms with E-state index in [4.69, 9.17) is 4.74 Å². The van der Waals surface area contributed by atoms with Gasteiger partial charge in [-0.25, -0.2) is 14.4 Å². The second kappa shape index (κ2) is 8.73. The number of ether oxygens (including phenoxy) is 1. The van der Waals surface area contributed by atoms with Crippen LogP contribution in [0.3, 0.4) is 0 Å². The summed E-state index contributed by atoms with van der Waals surface area (Å²) in [6, 6.07) is 13.2. The van der Waals surface area contributed by atoms with Crippen LogP contribution in [0.15, 0.2) is 54.9 Å². The predicted octanol–water partition coefficient (Wildman–Crippen LogP) is 2.63. The number of amides is 1. The van der Waals surface area contributed by atoms with Crippen molar-refractivity contribution in [2.24, 2.45) is 5.92 Å². The Bertz CT molecular complexity index is 1040. The fourth-order valence-electron chi connectivity index (χ4n) is 3.12. The van der Waals surface area contributed by atoms with E-state index in [1.807, 2.05) is 11.0 Å². The Labute approximate surface area is 173 Å². The molecule has 154 valence electrons. The van der Waals surface area contributed by atoms with E-state index in [1.54, 1.807) is 37.4 Å².